The number of aliphatic hydroxyl groups is 2. The van der Waals surface area contributed by atoms with Crippen molar-refractivity contribution in [1.82, 2.24) is 0 Å². The Bertz CT molecular complexity index is 768. The van der Waals surface area contributed by atoms with Crippen molar-refractivity contribution < 1.29 is 72.4 Å². The third-order valence-electron chi connectivity index (χ3n) is 5.37. The second-order valence-corrected chi connectivity index (χ2v) is 7.65. The molecule has 1 rings (SSSR count). The molecule has 0 radical (unpaired) electrons. The molecule has 2 N–H and O–H groups in total. The van der Waals surface area contributed by atoms with E-state index in [-0.39, 0.29) is 18.6 Å². The minimum absolute atomic E-state index is 0.103. The fourth-order valence-electron chi connectivity index (χ4n) is 3.45. The number of alkyl halides is 12. The highest BCUT2D eigenvalue weighted by Gasteiger charge is 2.76. The zero-order valence-electron chi connectivity index (χ0n) is 18.6. The lowest BCUT2D eigenvalue weighted by Gasteiger charge is -2.40. The number of ether oxygens (including phenoxy) is 2. The Balaban J connectivity index is 4.35. The maximum Gasteiger partial charge on any atom is 0.430 e. The van der Waals surface area contributed by atoms with Gasteiger partial charge in [0.1, 0.15) is 0 Å². The molecule has 0 aromatic heterocycles. The molecule has 210 valence electrons. The third-order valence-corrected chi connectivity index (χ3v) is 5.37. The van der Waals surface area contributed by atoms with Crippen molar-refractivity contribution in [3.63, 3.8) is 0 Å². The van der Waals surface area contributed by atoms with Crippen molar-refractivity contribution in [3.8, 4) is 0 Å². The first kappa shape index (κ1) is 32.2. The SMILES string of the molecule is CCC(C)c1cc(C(OCCO)(C(F)(F)F)C(F)(F)F)cc(C(OCCO)(C(F)(F)F)C(F)(F)F)c1. The molecule has 1 aromatic rings. The Morgan fingerprint density at radius 1 is 0.639 bits per heavy atom. The predicted octanol–water partition coefficient (Wildman–Crippen LogP) is 5.86. The molecule has 0 saturated carbocycles. The topological polar surface area (TPSA) is 58.9 Å². The van der Waals surface area contributed by atoms with E-state index in [1.165, 1.54) is 6.92 Å². The highest BCUT2D eigenvalue weighted by molar-refractivity contribution is 5.42. The first-order valence-corrected chi connectivity index (χ1v) is 10.1. The van der Waals surface area contributed by atoms with Crippen LogP contribution in [-0.4, -0.2) is 61.3 Å². The molecule has 0 spiro atoms. The zero-order chi connectivity index (χ0) is 28.4. The molecule has 1 unspecified atom stereocenters. The van der Waals surface area contributed by atoms with Crippen LogP contribution < -0.4 is 0 Å². The van der Waals surface area contributed by atoms with E-state index in [1.54, 1.807) is 0 Å². The molecule has 0 aliphatic heterocycles. The molecule has 4 nitrogen and oxygen atoms in total. The van der Waals surface area contributed by atoms with Gasteiger partial charge in [-0.3, -0.25) is 0 Å². The normalized spacial score (nSPS) is 15.3. The first-order chi connectivity index (χ1) is 16.2. The van der Waals surface area contributed by atoms with Crippen LogP contribution in [0.15, 0.2) is 18.2 Å². The van der Waals surface area contributed by atoms with Crippen LogP contribution in [0.25, 0.3) is 0 Å². The van der Waals surface area contributed by atoms with E-state index >= 15 is 0 Å². The number of benzene rings is 1. The predicted molar refractivity (Wildman–Crippen MR) is 98.8 cm³/mol. The Morgan fingerprint density at radius 2 is 0.944 bits per heavy atom. The molecule has 0 aliphatic carbocycles. The molecule has 36 heavy (non-hydrogen) atoms. The van der Waals surface area contributed by atoms with Gasteiger partial charge in [0, 0.05) is 11.1 Å². The second kappa shape index (κ2) is 10.9. The Hall–Kier alpha value is -1.78. The highest BCUT2D eigenvalue weighted by Crippen LogP contribution is 2.57. The van der Waals surface area contributed by atoms with Gasteiger partial charge in [0.15, 0.2) is 0 Å². The first-order valence-electron chi connectivity index (χ1n) is 10.1. The van der Waals surface area contributed by atoms with Crippen LogP contribution >= 0.6 is 0 Å². The summed E-state index contributed by atoms with van der Waals surface area (Å²) >= 11 is 0. The molecule has 0 amide bonds. The van der Waals surface area contributed by atoms with E-state index in [4.69, 9.17) is 10.2 Å². The van der Waals surface area contributed by atoms with Crippen molar-refractivity contribution in [1.29, 1.82) is 0 Å². The van der Waals surface area contributed by atoms with Gasteiger partial charge in [0.25, 0.3) is 11.2 Å². The molecule has 1 aromatic carbocycles. The van der Waals surface area contributed by atoms with Gasteiger partial charge in [-0.15, -0.1) is 0 Å². The summed E-state index contributed by atoms with van der Waals surface area (Å²) in [7, 11) is 0. The zero-order valence-corrected chi connectivity index (χ0v) is 18.6. The smallest absolute Gasteiger partial charge is 0.394 e. The lowest BCUT2D eigenvalue weighted by Crippen LogP contribution is -2.58. The quantitative estimate of drug-likeness (QED) is 0.356. The Kier molecular flexibility index (Phi) is 9.77. The molecule has 0 bridgehead atoms. The van der Waals surface area contributed by atoms with Crippen LogP contribution in [0.2, 0.25) is 0 Å². The summed E-state index contributed by atoms with van der Waals surface area (Å²) < 4.78 is 175. The van der Waals surface area contributed by atoms with Crippen LogP contribution in [0.5, 0.6) is 0 Å². The fraction of sp³-hybridized carbons (Fsp3) is 0.700. The standard InChI is InChI=1S/C20H22F12O4/c1-3-11(2)12-8-13(15(17(21,22)23,18(24,25)26)35-6-4-33)10-14(9-12)16(19(27,28)29,20(30,31)32)36-7-5-34/h8-11,33-34H,3-7H2,1-2H3. The fourth-order valence-corrected chi connectivity index (χ4v) is 3.45. The lowest BCUT2D eigenvalue weighted by molar-refractivity contribution is -0.392. The maximum absolute atomic E-state index is 14.0. The van der Waals surface area contributed by atoms with Crippen LogP contribution in [-0.2, 0) is 20.7 Å². The van der Waals surface area contributed by atoms with Crippen molar-refractivity contribution in [2.24, 2.45) is 0 Å². The molecular weight excluding hydrogens is 532 g/mol. The Labute approximate surface area is 196 Å². The minimum atomic E-state index is -6.45. The van der Waals surface area contributed by atoms with E-state index in [1.807, 2.05) is 0 Å². The van der Waals surface area contributed by atoms with Gasteiger partial charge >= 0.3 is 24.7 Å². The molecule has 0 aliphatic rings. The molecule has 0 fully saturated rings. The van der Waals surface area contributed by atoms with Crippen LogP contribution in [0.3, 0.4) is 0 Å². The van der Waals surface area contributed by atoms with Crippen molar-refractivity contribution in [3.05, 3.63) is 34.9 Å². The average molecular weight is 554 g/mol. The number of rotatable bonds is 10. The van der Waals surface area contributed by atoms with Crippen molar-refractivity contribution in [2.75, 3.05) is 26.4 Å². The van der Waals surface area contributed by atoms with E-state index in [0.29, 0.717) is 0 Å². The van der Waals surface area contributed by atoms with Gasteiger partial charge in [-0.1, -0.05) is 26.0 Å². The van der Waals surface area contributed by atoms with E-state index in [2.05, 4.69) is 9.47 Å². The van der Waals surface area contributed by atoms with Gasteiger partial charge in [-0.2, -0.15) is 52.7 Å². The van der Waals surface area contributed by atoms with E-state index in [0.717, 1.165) is 6.92 Å². The van der Waals surface area contributed by atoms with Gasteiger partial charge in [-0.05, 0) is 24.0 Å². The lowest BCUT2D eigenvalue weighted by atomic mass is 9.81. The summed E-state index contributed by atoms with van der Waals surface area (Å²) in [6.45, 7) is -3.53. The average Bonchev–Trinajstić information content (AvgIpc) is 2.70. The monoisotopic (exact) mass is 554 g/mol. The molecule has 0 heterocycles. The molecule has 16 heteroatoms. The number of halogens is 12. The number of hydrogen-bond acceptors (Lipinski definition) is 4. The third kappa shape index (κ3) is 5.70. The summed E-state index contributed by atoms with van der Waals surface area (Å²) in [6, 6.07) is -0.276. The molecular formula is C20H22F12O4. The van der Waals surface area contributed by atoms with Crippen LogP contribution in [0.1, 0.15) is 42.9 Å². The van der Waals surface area contributed by atoms with Crippen LogP contribution in [0.4, 0.5) is 52.7 Å². The maximum atomic E-state index is 14.0. The number of hydrogen-bond donors (Lipinski definition) is 2. The number of aliphatic hydroxyl groups excluding tert-OH is 2. The summed E-state index contributed by atoms with van der Waals surface area (Å²) in [5.74, 6) is -1.11. The van der Waals surface area contributed by atoms with Gasteiger partial charge in [-0.25, -0.2) is 0 Å². The van der Waals surface area contributed by atoms with Crippen molar-refractivity contribution in [2.45, 2.75) is 62.1 Å². The van der Waals surface area contributed by atoms with Gasteiger partial charge in [0.2, 0.25) is 0 Å². The summed E-state index contributed by atoms with van der Waals surface area (Å²) in [4.78, 5) is 0. The summed E-state index contributed by atoms with van der Waals surface area (Å²) in [6.07, 6.45) is -25.9. The summed E-state index contributed by atoms with van der Waals surface area (Å²) in [5.41, 5.74) is -15.8. The van der Waals surface area contributed by atoms with E-state index < -0.39 is 91.0 Å². The largest absolute Gasteiger partial charge is 0.430 e. The van der Waals surface area contributed by atoms with Crippen molar-refractivity contribution >= 4 is 0 Å². The highest BCUT2D eigenvalue weighted by atomic mass is 19.4. The second-order valence-electron chi connectivity index (χ2n) is 7.65. The minimum Gasteiger partial charge on any atom is -0.394 e. The summed E-state index contributed by atoms with van der Waals surface area (Å²) in [5, 5.41) is 17.6. The molecule has 0 saturated heterocycles. The van der Waals surface area contributed by atoms with Gasteiger partial charge < -0.3 is 19.7 Å². The van der Waals surface area contributed by atoms with Gasteiger partial charge in [0.05, 0.1) is 26.4 Å². The van der Waals surface area contributed by atoms with Crippen LogP contribution in [0, 0.1) is 0 Å². The Morgan fingerprint density at radius 3 is 1.17 bits per heavy atom. The molecule has 1 atom stereocenters. The van der Waals surface area contributed by atoms with E-state index in [9.17, 15) is 52.7 Å².